The number of ether oxygens (including phenoxy) is 1. The van der Waals surface area contributed by atoms with Gasteiger partial charge in [-0.2, -0.15) is 4.98 Å². The first-order chi connectivity index (χ1) is 10.1. The standard InChI is InChI=1S/C14H13Cl2N3O2/c15-9-3-6(4-10(16)12(9)17)14-18-13(19-21-14)8-5-7-1-2-11(8)20-7/h3-4,7-8,11H,1-2,5,17H2. The number of fused-ring (bicyclic) bond motifs is 2. The van der Waals surface area contributed by atoms with E-state index in [1.54, 1.807) is 12.1 Å². The van der Waals surface area contributed by atoms with E-state index in [-0.39, 0.29) is 12.0 Å². The third-order valence-corrected chi connectivity index (χ3v) is 4.83. The Morgan fingerprint density at radius 2 is 1.95 bits per heavy atom. The Morgan fingerprint density at radius 3 is 2.57 bits per heavy atom. The number of hydrogen-bond acceptors (Lipinski definition) is 5. The second kappa shape index (κ2) is 4.87. The fourth-order valence-corrected chi connectivity index (χ4v) is 3.61. The number of benzene rings is 1. The number of anilines is 1. The van der Waals surface area contributed by atoms with Gasteiger partial charge in [-0.15, -0.1) is 0 Å². The van der Waals surface area contributed by atoms with Crippen molar-refractivity contribution in [2.75, 3.05) is 5.73 Å². The van der Waals surface area contributed by atoms with Gasteiger partial charge in [-0.05, 0) is 31.4 Å². The van der Waals surface area contributed by atoms with Gasteiger partial charge in [-0.1, -0.05) is 28.4 Å². The zero-order chi connectivity index (χ0) is 14.6. The first-order valence-corrected chi connectivity index (χ1v) is 7.61. The molecule has 7 heteroatoms. The van der Waals surface area contributed by atoms with Crippen molar-refractivity contribution in [2.45, 2.75) is 37.4 Å². The van der Waals surface area contributed by atoms with Crippen molar-refractivity contribution in [3.8, 4) is 11.5 Å². The molecule has 4 rings (SSSR count). The van der Waals surface area contributed by atoms with Crippen LogP contribution in [0.25, 0.3) is 11.5 Å². The third kappa shape index (κ3) is 2.20. The Balaban J connectivity index is 1.65. The van der Waals surface area contributed by atoms with Crippen LogP contribution in [0, 0.1) is 0 Å². The molecule has 2 aliphatic heterocycles. The molecule has 3 atom stereocenters. The smallest absolute Gasteiger partial charge is 0.258 e. The second-order valence-corrected chi connectivity index (χ2v) is 6.34. The molecule has 2 saturated heterocycles. The second-order valence-electron chi connectivity index (χ2n) is 5.53. The van der Waals surface area contributed by atoms with Crippen molar-refractivity contribution in [1.82, 2.24) is 10.1 Å². The molecule has 0 radical (unpaired) electrons. The average molecular weight is 326 g/mol. The summed E-state index contributed by atoms with van der Waals surface area (Å²) in [5, 5.41) is 4.84. The van der Waals surface area contributed by atoms with E-state index in [2.05, 4.69) is 10.1 Å². The maximum atomic E-state index is 6.04. The number of nitrogens with zero attached hydrogens (tertiary/aromatic N) is 2. The molecule has 21 heavy (non-hydrogen) atoms. The zero-order valence-electron chi connectivity index (χ0n) is 11.1. The largest absolute Gasteiger partial charge is 0.396 e. The highest BCUT2D eigenvalue weighted by Gasteiger charge is 2.43. The normalized spacial score (nSPS) is 27.4. The maximum Gasteiger partial charge on any atom is 0.258 e. The van der Waals surface area contributed by atoms with Crippen LogP contribution >= 0.6 is 23.2 Å². The summed E-state index contributed by atoms with van der Waals surface area (Å²) in [6, 6.07) is 3.36. The Hall–Kier alpha value is -1.30. The van der Waals surface area contributed by atoms with Crippen LogP contribution in [0.15, 0.2) is 16.7 Å². The van der Waals surface area contributed by atoms with Crippen molar-refractivity contribution in [2.24, 2.45) is 0 Å². The van der Waals surface area contributed by atoms with Gasteiger partial charge in [0.1, 0.15) is 0 Å². The van der Waals surface area contributed by atoms with Gasteiger partial charge in [0.2, 0.25) is 0 Å². The van der Waals surface area contributed by atoms with Gasteiger partial charge in [-0.3, -0.25) is 0 Å². The topological polar surface area (TPSA) is 74.2 Å². The lowest BCUT2D eigenvalue weighted by Gasteiger charge is -2.13. The van der Waals surface area contributed by atoms with E-state index < -0.39 is 0 Å². The molecule has 2 fully saturated rings. The molecular formula is C14H13Cl2N3O2. The first kappa shape index (κ1) is 13.4. The molecular weight excluding hydrogens is 313 g/mol. The number of nitrogens with two attached hydrogens (primary N) is 1. The number of hydrogen-bond donors (Lipinski definition) is 1. The lowest BCUT2D eigenvalue weighted by atomic mass is 9.89. The van der Waals surface area contributed by atoms with Crippen LogP contribution in [0.1, 0.15) is 31.0 Å². The van der Waals surface area contributed by atoms with Crippen molar-refractivity contribution in [3.63, 3.8) is 0 Å². The summed E-state index contributed by atoms with van der Waals surface area (Å²) in [5.41, 5.74) is 6.75. The van der Waals surface area contributed by atoms with Gasteiger partial charge < -0.3 is 15.0 Å². The summed E-state index contributed by atoms with van der Waals surface area (Å²) < 4.78 is 11.2. The van der Waals surface area contributed by atoms with Gasteiger partial charge in [0.15, 0.2) is 5.82 Å². The van der Waals surface area contributed by atoms with Crippen LogP contribution in [0.3, 0.4) is 0 Å². The fourth-order valence-electron chi connectivity index (χ4n) is 3.12. The van der Waals surface area contributed by atoms with Crippen molar-refractivity contribution in [1.29, 1.82) is 0 Å². The quantitative estimate of drug-likeness (QED) is 0.853. The number of halogens is 2. The van der Waals surface area contributed by atoms with Crippen LogP contribution < -0.4 is 5.73 Å². The lowest BCUT2D eigenvalue weighted by Crippen LogP contribution is -2.15. The molecule has 0 aliphatic carbocycles. The van der Waals surface area contributed by atoms with Crippen LogP contribution in [0.5, 0.6) is 0 Å². The third-order valence-electron chi connectivity index (χ3n) is 4.21. The molecule has 1 aromatic carbocycles. The number of aromatic nitrogens is 2. The molecule has 0 spiro atoms. The number of nitrogen functional groups attached to an aromatic ring is 1. The molecule has 110 valence electrons. The summed E-state index contributed by atoms with van der Waals surface area (Å²) in [6.45, 7) is 0. The Labute approximate surface area is 131 Å². The Kier molecular flexibility index (Phi) is 3.10. The predicted octanol–water partition coefficient (Wildman–Crippen LogP) is 3.66. The average Bonchev–Trinajstić information content (AvgIpc) is 3.18. The molecule has 3 heterocycles. The zero-order valence-corrected chi connectivity index (χ0v) is 12.6. The van der Waals surface area contributed by atoms with Crippen molar-refractivity contribution < 1.29 is 9.26 Å². The van der Waals surface area contributed by atoms with E-state index in [0.29, 0.717) is 39.1 Å². The van der Waals surface area contributed by atoms with E-state index in [1.807, 2.05) is 0 Å². The maximum absolute atomic E-state index is 6.04. The summed E-state index contributed by atoms with van der Waals surface area (Å²) >= 11 is 12.1. The van der Waals surface area contributed by atoms with E-state index in [4.69, 9.17) is 38.2 Å². The first-order valence-electron chi connectivity index (χ1n) is 6.86. The molecule has 2 N–H and O–H groups in total. The molecule has 0 amide bonds. The SMILES string of the molecule is Nc1c(Cl)cc(-c2nc(C3CC4CCC3O4)no2)cc1Cl. The number of rotatable bonds is 2. The minimum atomic E-state index is 0.221. The van der Waals surface area contributed by atoms with Crippen LogP contribution in [-0.2, 0) is 4.74 Å². The molecule has 2 aliphatic rings. The van der Waals surface area contributed by atoms with E-state index in [0.717, 1.165) is 19.3 Å². The summed E-state index contributed by atoms with van der Waals surface area (Å²) in [6.07, 6.45) is 3.74. The highest BCUT2D eigenvalue weighted by molar-refractivity contribution is 6.39. The van der Waals surface area contributed by atoms with Crippen LogP contribution in [0.2, 0.25) is 10.0 Å². The molecule has 5 nitrogen and oxygen atoms in total. The fraction of sp³-hybridized carbons (Fsp3) is 0.429. The predicted molar refractivity (Wildman–Crippen MR) is 79.4 cm³/mol. The van der Waals surface area contributed by atoms with E-state index in [1.165, 1.54) is 0 Å². The Bertz CT molecular complexity index is 680. The lowest BCUT2D eigenvalue weighted by molar-refractivity contribution is 0.0996. The molecule has 0 saturated carbocycles. The van der Waals surface area contributed by atoms with E-state index >= 15 is 0 Å². The van der Waals surface area contributed by atoms with Crippen molar-refractivity contribution >= 4 is 28.9 Å². The minimum Gasteiger partial charge on any atom is -0.396 e. The summed E-state index contributed by atoms with van der Waals surface area (Å²) in [4.78, 5) is 4.48. The van der Waals surface area contributed by atoms with E-state index in [9.17, 15) is 0 Å². The molecule has 2 aromatic rings. The van der Waals surface area contributed by atoms with Gasteiger partial charge in [0, 0.05) is 5.56 Å². The van der Waals surface area contributed by atoms with Crippen molar-refractivity contribution in [3.05, 3.63) is 28.0 Å². The molecule has 3 unspecified atom stereocenters. The van der Waals surface area contributed by atoms with Gasteiger partial charge in [0.05, 0.1) is 33.9 Å². The Morgan fingerprint density at radius 1 is 1.19 bits per heavy atom. The van der Waals surface area contributed by atoms with Gasteiger partial charge >= 0.3 is 0 Å². The van der Waals surface area contributed by atoms with Crippen LogP contribution in [-0.4, -0.2) is 22.3 Å². The highest BCUT2D eigenvalue weighted by Crippen LogP contribution is 2.44. The summed E-state index contributed by atoms with van der Waals surface area (Å²) in [7, 11) is 0. The summed E-state index contributed by atoms with van der Waals surface area (Å²) in [5.74, 6) is 1.32. The minimum absolute atomic E-state index is 0.221. The molecule has 2 bridgehead atoms. The van der Waals surface area contributed by atoms with Gasteiger partial charge in [-0.25, -0.2) is 0 Å². The van der Waals surface area contributed by atoms with Gasteiger partial charge in [0.25, 0.3) is 5.89 Å². The van der Waals surface area contributed by atoms with Crippen LogP contribution in [0.4, 0.5) is 5.69 Å². The molecule has 1 aromatic heterocycles. The monoisotopic (exact) mass is 325 g/mol. The highest BCUT2D eigenvalue weighted by atomic mass is 35.5.